The fourth-order valence-corrected chi connectivity index (χ4v) is 8.12. The molecule has 0 aliphatic rings. The maximum Gasteiger partial charge on any atom is 0.261 e. The quantitative estimate of drug-likeness (QED) is 0.395. The van der Waals surface area contributed by atoms with Crippen LogP contribution in [0, 0.1) is 0 Å². The molecular weight excluding hydrogens is 434 g/mol. The van der Waals surface area contributed by atoms with E-state index in [0.29, 0.717) is 0 Å². The zero-order valence-corrected chi connectivity index (χ0v) is 19.9. The van der Waals surface area contributed by atoms with Crippen molar-refractivity contribution in [3.63, 3.8) is 0 Å². The van der Waals surface area contributed by atoms with Gasteiger partial charge in [0.2, 0.25) is 11.8 Å². The summed E-state index contributed by atoms with van der Waals surface area (Å²) in [4.78, 5) is 23.7. The van der Waals surface area contributed by atoms with Gasteiger partial charge in [0, 0.05) is 0 Å². The molecule has 0 aromatic heterocycles. The number of nitrogens with one attached hydrogen (secondary N) is 1. The van der Waals surface area contributed by atoms with Crippen molar-refractivity contribution < 1.29 is 19.1 Å². The lowest BCUT2D eigenvalue weighted by Gasteiger charge is -2.43. The molecule has 0 aliphatic carbocycles. The summed E-state index contributed by atoms with van der Waals surface area (Å²) in [5.41, 5.74) is 11.2. The van der Waals surface area contributed by atoms with E-state index in [9.17, 15) is 14.7 Å². The van der Waals surface area contributed by atoms with Crippen molar-refractivity contribution in [2.24, 2.45) is 11.5 Å². The molecule has 9 heteroatoms. The summed E-state index contributed by atoms with van der Waals surface area (Å²) in [6.07, 6.45) is 0. The molecule has 2 aromatic carbocycles. The van der Waals surface area contributed by atoms with Gasteiger partial charge in [-0.3, -0.25) is 9.59 Å². The third-order valence-corrected chi connectivity index (χ3v) is 10.1. The second kappa shape index (κ2) is 11.4. The van der Waals surface area contributed by atoms with Crippen LogP contribution in [-0.2, 0) is 14.0 Å². The average molecular weight is 466 g/mol. The molecule has 2 atom stereocenters. The summed E-state index contributed by atoms with van der Waals surface area (Å²) in [6.45, 7) is 5.73. The van der Waals surface area contributed by atoms with Gasteiger partial charge in [-0.2, -0.15) is 0 Å². The fourth-order valence-electron chi connectivity index (χ4n) is 3.54. The Morgan fingerprint density at radius 3 is 1.84 bits per heavy atom. The zero-order chi connectivity index (χ0) is 22.4. The van der Waals surface area contributed by atoms with Gasteiger partial charge >= 0.3 is 0 Å². The number of halogens is 1. The van der Waals surface area contributed by atoms with Gasteiger partial charge in [0.15, 0.2) is 0 Å². The summed E-state index contributed by atoms with van der Waals surface area (Å²) >= 11 is 0. The van der Waals surface area contributed by atoms with E-state index in [2.05, 4.69) is 26.1 Å². The number of amides is 2. The topological polar surface area (TPSA) is 128 Å². The van der Waals surface area contributed by atoms with Gasteiger partial charge in [-0.15, -0.1) is 12.4 Å². The van der Waals surface area contributed by atoms with Crippen LogP contribution in [0.15, 0.2) is 60.7 Å². The first-order valence-corrected chi connectivity index (χ1v) is 11.8. The number of carbonyl (C=O) groups excluding carboxylic acids is 2. The number of aliphatic hydroxyl groups is 1. The van der Waals surface area contributed by atoms with Crippen molar-refractivity contribution in [2.75, 3.05) is 13.2 Å². The van der Waals surface area contributed by atoms with Crippen molar-refractivity contribution in [1.29, 1.82) is 0 Å². The van der Waals surface area contributed by atoms with Gasteiger partial charge in [-0.25, -0.2) is 0 Å². The van der Waals surface area contributed by atoms with E-state index in [-0.39, 0.29) is 24.1 Å². The van der Waals surface area contributed by atoms with E-state index in [1.165, 1.54) is 0 Å². The van der Waals surface area contributed by atoms with E-state index in [1.54, 1.807) is 0 Å². The highest BCUT2D eigenvalue weighted by molar-refractivity contribution is 6.99. The van der Waals surface area contributed by atoms with Crippen molar-refractivity contribution in [3.8, 4) is 0 Å². The van der Waals surface area contributed by atoms with Gasteiger partial charge in [0.1, 0.15) is 12.1 Å². The van der Waals surface area contributed by atoms with Crippen LogP contribution in [0.4, 0.5) is 0 Å². The molecule has 2 rings (SSSR count). The third-order valence-electron chi connectivity index (χ3n) is 5.08. The lowest BCUT2D eigenvalue weighted by molar-refractivity contribution is -0.129. The molecule has 2 amide bonds. The van der Waals surface area contributed by atoms with Crippen LogP contribution in [0.5, 0.6) is 0 Å². The Bertz CT molecular complexity index is 807. The molecule has 0 saturated carbocycles. The highest BCUT2D eigenvalue weighted by Crippen LogP contribution is 2.36. The number of hydrogen-bond donors (Lipinski definition) is 4. The molecule has 2 aromatic rings. The Morgan fingerprint density at radius 1 is 1.03 bits per heavy atom. The summed E-state index contributed by atoms with van der Waals surface area (Å²) < 4.78 is 6.60. The number of hydrogen-bond acceptors (Lipinski definition) is 5. The Morgan fingerprint density at radius 2 is 1.48 bits per heavy atom. The van der Waals surface area contributed by atoms with Crippen LogP contribution in [0.1, 0.15) is 20.8 Å². The molecule has 0 spiro atoms. The van der Waals surface area contributed by atoms with E-state index in [0.717, 1.165) is 10.4 Å². The number of nitrogens with two attached hydrogens (primary N) is 2. The predicted molar refractivity (Wildman–Crippen MR) is 127 cm³/mol. The number of aliphatic hydroxyl groups excluding tert-OH is 1. The summed E-state index contributed by atoms with van der Waals surface area (Å²) in [7, 11) is -2.83. The van der Waals surface area contributed by atoms with E-state index >= 15 is 0 Å². The van der Waals surface area contributed by atoms with Crippen LogP contribution in [0.3, 0.4) is 0 Å². The number of benzene rings is 2. The van der Waals surface area contributed by atoms with Gasteiger partial charge in [-0.05, 0) is 15.4 Å². The van der Waals surface area contributed by atoms with Crippen LogP contribution in [0.25, 0.3) is 0 Å². The number of primary amides is 1. The molecule has 170 valence electrons. The highest BCUT2D eigenvalue weighted by atomic mass is 35.5. The third kappa shape index (κ3) is 6.15. The maximum atomic E-state index is 12.4. The molecule has 0 saturated heterocycles. The average Bonchev–Trinajstić information content (AvgIpc) is 2.72. The van der Waals surface area contributed by atoms with Crippen LogP contribution < -0.4 is 27.2 Å². The molecule has 0 radical (unpaired) electrons. The van der Waals surface area contributed by atoms with Gasteiger partial charge in [0.05, 0.1) is 13.2 Å². The van der Waals surface area contributed by atoms with Crippen LogP contribution in [0.2, 0.25) is 5.04 Å². The number of rotatable bonds is 9. The SMILES string of the molecule is CC(C)(C)[Si](OC[C@H](N)C(=O)N[C@@H](CO)C(N)=O)(c1ccccc1)c1ccccc1.Cl. The summed E-state index contributed by atoms with van der Waals surface area (Å²) in [5.74, 6) is -1.43. The minimum Gasteiger partial charge on any atom is -0.405 e. The molecule has 0 heterocycles. The minimum atomic E-state index is -2.83. The Kier molecular flexibility index (Phi) is 9.86. The van der Waals surface area contributed by atoms with Crippen molar-refractivity contribution in [2.45, 2.75) is 37.9 Å². The molecule has 31 heavy (non-hydrogen) atoms. The van der Waals surface area contributed by atoms with Crippen molar-refractivity contribution >= 4 is 42.9 Å². The Hall–Kier alpha value is -2.23. The smallest absolute Gasteiger partial charge is 0.261 e. The van der Waals surface area contributed by atoms with Gasteiger partial charge < -0.3 is 26.3 Å². The second-order valence-corrected chi connectivity index (χ2v) is 12.5. The van der Waals surface area contributed by atoms with E-state index in [4.69, 9.17) is 15.9 Å². The van der Waals surface area contributed by atoms with Crippen molar-refractivity contribution in [1.82, 2.24) is 5.32 Å². The maximum absolute atomic E-state index is 12.4. The zero-order valence-electron chi connectivity index (χ0n) is 18.1. The molecule has 6 N–H and O–H groups in total. The second-order valence-electron chi connectivity index (χ2n) is 8.23. The predicted octanol–water partition coefficient (Wildman–Crippen LogP) is 0.275. The molecular formula is C22H32ClN3O4Si. The molecule has 0 aliphatic heterocycles. The first-order chi connectivity index (χ1) is 14.1. The monoisotopic (exact) mass is 465 g/mol. The van der Waals surface area contributed by atoms with Crippen molar-refractivity contribution in [3.05, 3.63) is 60.7 Å². The molecule has 0 unspecified atom stereocenters. The fraction of sp³-hybridized carbons (Fsp3) is 0.364. The lowest BCUT2D eigenvalue weighted by atomic mass is 10.2. The lowest BCUT2D eigenvalue weighted by Crippen LogP contribution is -2.67. The Labute approximate surface area is 190 Å². The van der Waals surface area contributed by atoms with E-state index in [1.807, 2.05) is 60.7 Å². The van der Waals surface area contributed by atoms with Gasteiger partial charge in [-0.1, -0.05) is 81.4 Å². The highest BCUT2D eigenvalue weighted by Gasteiger charge is 2.50. The normalized spacial score (nSPS) is 13.6. The summed E-state index contributed by atoms with van der Waals surface area (Å²) in [5, 5.41) is 13.5. The van der Waals surface area contributed by atoms with E-state index < -0.39 is 38.8 Å². The Balaban J connectivity index is 0.00000480. The molecule has 0 bridgehead atoms. The van der Waals surface area contributed by atoms with Gasteiger partial charge in [0.25, 0.3) is 8.32 Å². The standard InChI is InChI=1S/C22H31N3O4Si.ClH/c1-22(2,3)30(16-10-6-4-7-11-16,17-12-8-5-9-13-17)29-15-18(23)21(28)25-19(14-26)20(24)27;/h4-13,18-19,26H,14-15,23H2,1-3H3,(H2,24,27)(H,25,28);1H/t18-,19-;/m0./s1. The first kappa shape index (κ1) is 26.8. The first-order valence-electron chi connectivity index (χ1n) is 9.84. The number of carbonyl (C=O) groups is 2. The largest absolute Gasteiger partial charge is 0.405 e. The molecule has 7 nitrogen and oxygen atoms in total. The minimum absolute atomic E-state index is 0. The van der Waals surface area contributed by atoms with Crippen LogP contribution >= 0.6 is 12.4 Å². The van der Waals surface area contributed by atoms with Crippen LogP contribution in [-0.4, -0.2) is 50.5 Å². The molecule has 0 fully saturated rings. The summed E-state index contributed by atoms with van der Waals surface area (Å²) in [6, 6.07) is 17.8.